The van der Waals surface area contributed by atoms with Gasteiger partial charge in [0.25, 0.3) is 0 Å². The van der Waals surface area contributed by atoms with Crippen molar-refractivity contribution in [2.75, 3.05) is 6.61 Å². The van der Waals surface area contributed by atoms with E-state index in [9.17, 15) is 0 Å². The van der Waals surface area contributed by atoms with Crippen LogP contribution in [0.2, 0.25) is 0 Å². The molecule has 0 fully saturated rings. The first-order chi connectivity index (χ1) is 10.3. The summed E-state index contributed by atoms with van der Waals surface area (Å²) in [4.78, 5) is 0. The Bertz CT molecular complexity index is 719. The minimum absolute atomic E-state index is 0.176. The molecule has 108 valence electrons. The molecule has 2 aromatic carbocycles. The van der Waals surface area contributed by atoms with E-state index in [0.717, 1.165) is 17.1 Å². The fraction of sp³-hybridized carbons (Fsp3) is 0.222. The normalized spacial score (nSPS) is 12.5. The summed E-state index contributed by atoms with van der Waals surface area (Å²) in [6.07, 6.45) is 2.34. The van der Waals surface area contributed by atoms with Gasteiger partial charge in [0.15, 0.2) is 0 Å². The van der Waals surface area contributed by atoms with Crippen LogP contribution in [0.15, 0.2) is 59.2 Å². The van der Waals surface area contributed by atoms with Crippen LogP contribution in [0.4, 0.5) is 0 Å². The van der Waals surface area contributed by atoms with Crippen LogP contribution in [0.5, 0.6) is 5.75 Å². The number of nitrogens with two attached hydrogens (primary N) is 1. The summed E-state index contributed by atoms with van der Waals surface area (Å²) in [7, 11) is 0. The molecular formula is C18H19NO2. The Morgan fingerprint density at radius 2 is 1.95 bits per heavy atom. The maximum Gasteiger partial charge on any atom is 0.123 e. The third-order valence-electron chi connectivity index (χ3n) is 3.63. The quantitative estimate of drug-likeness (QED) is 0.766. The van der Waals surface area contributed by atoms with Crippen LogP contribution < -0.4 is 10.5 Å². The van der Waals surface area contributed by atoms with E-state index in [1.165, 1.54) is 10.8 Å². The van der Waals surface area contributed by atoms with Crippen LogP contribution in [0.3, 0.4) is 0 Å². The number of hydrogen-bond acceptors (Lipinski definition) is 3. The first-order valence-electron chi connectivity index (χ1n) is 7.22. The Hall–Kier alpha value is -2.26. The van der Waals surface area contributed by atoms with Gasteiger partial charge in [-0.05, 0) is 42.3 Å². The Kier molecular flexibility index (Phi) is 3.93. The Morgan fingerprint density at radius 3 is 2.71 bits per heavy atom. The van der Waals surface area contributed by atoms with Gasteiger partial charge in [-0.3, -0.25) is 0 Å². The van der Waals surface area contributed by atoms with Crippen LogP contribution in [-0.4, -0.2) is 6.61 Å². The second-order valence-electron chi connectivity index (χ2n) is 5.02. The standard InChI is InChI=1S/C18H19NO2/c1-2-20-17-10-9-13-6-3-4-7-14(13)15(17)12-16(19)18-8-5-11-21-18/h3-11,16H,2,12,19H2,1H3. The number of benzene rings is 2. The SMILES string of the molecule is CCOc1ccc2ccccc2c1CC(N)c1ccco1. The average Bonchev–Trinajstić information content (AvgIpc) is 3.04. The fourth-order valence-electron chi connectivity index (χ4n) is 2.64. The molecule has 0 saturated heterocycles. The number of furan rings is 1. The van der Waals surface area contributed by atoms with Crippen LogP contribution in [0.25, 0.3) is 10.8 Å². The molecule has 0 saturated carbocycles. The molecule has 0 amide bonds. The lowest BCUT2D eigenvalue weighted by atomic mass is 9.97. The first kappa shape index (κ1) is 13.7. The lowest BCUT2D eigenvalue weighted by Gasteiger charge is -2.16. The molecule has 3 aromatic rings. The molecule has 3 rings (SSSR count). The maximum absolute atomic E-state index is 6.28. The molecule has 21 heavy (non-hydrogen) atoms. The van der Waals surface area contributed by atoms with Gasteiger partial charge in [-0.15, -0.1) is 0 Å². The molecular weight excluding hydrogens is 262 g/mol. The monoisotopic (exact) mass is 281 g/mol. The number of rotatable bonds is 5. The molecule has 3 nitrogen and oxygen atoms in total. The molecule has 1 aromatic heterocycles. The zero-order chi connectivity index (χ0) is 14.7. The highest BCUT2D eigenvalue weighted by Gasteiger charge is 2.15. The summed E-state index contributed by atoms with van der Waals surface area (Å²) in [6.45, 7) is 2.63. The minimum atomic E-state index is -0.176. The van der Waals surface area contributed by atoms with Gasteiger partial charge < -0.3 is 14.9 Å². The summed E-state index contributed by atoms with van der Waals surface area (Å²) < 4.78 is 11.2. The summed E-state index contributed by atoms with van der Waals surface area (Å²) >= 11 is 0. The number of hydrogen-bond donors (Lipinski definition) is 1. The summed E-state index contributed by atoms with van der Waals surface area (Å²) in [5.41, 5.74) is 7.42. The van der Waals surface area contributed by atoms with Gasteiger partial charge >= 0.3 is 0 Å². The largest absolute Gasteiger partial charge is 0.494 e. The second kappa shape index (κ2) is 6.02. The predicted octanol–water partition coefficient (Wildman–Crippen LogP) is 4.07. The van der Waals surface area contributed by atoms with Crippen LogP contribution in [0, 0.1) is 0 Å². The van der Waals surface area contributed by atoms with E-state index < -0.39 is 0 Å². The molecule has 0 aliphatic carbocycles. The van der Waals surface area contributed by atoms with Gasteiger partial charge in [-0.1, -0.05) is 30.3 Å². The summed E-state index contributed by atoms with van der Waals surface area (Å²) in [6, 6.07) is 16.0. The van der Waals surface area contributed by atoms with Crippen LogP contribution in [-0.2, 0) is 6.42 Å². The van der Waals surface area contributed by atoms with Crippen molar-refractivity contribution in [1.29, 1.82) is 0 Å². The summed E-state index contributed by atoms with van der Waals surface area (Å²) in [5, 5.41) is 2.38. The van der Waals surface area contributed by atoms with Gasteiger partial charge in [-0.25, -0.2) is 0 Å². The maximum atomic E-state index is 6.28. The van der Waals surface area contributed by atoms with Gasteiger partial charge in [0.05, 0.1) is 18.9 Å². The van der Waals surface area contributed by atoms with E-state index in [4.69, 9.17) is 14.9 Å². The zero-order valence-electron chi connectivity index (χ0n) is 12.1. The van der Waals surface area contributed by atoms with E-state index in [1.807, 2.05) is 37.3 Å². The number of ether oxygens (including phenoxy) is 1. The van der Waals surface area contributed by atoms with Gasteiger partial charge in [0.1, 0.15) is 11.5 Å². The smallest absolute Gasteiger partial charge is 0.123 e. The third-order valence-corrected chi connectivity index (χ3v) is 3.63. The highest BCUT2D eigenvalue weighted by Crippen LogP contribution is 2.31. The van der Waals surface area contributed by atoms with Crippen LogP contribution >= 0.6 is 0 Å². The van der Waals surface area contributed by atoms with Gasteiger partial charge in [-0.2, -0.15) is 0 Å². The van der Waals surface area contributed by atoms with Crippen molar-refractivity contribution in [1.82, 2.24) is 0 Å². The van der Waals surface area contributed by atoms with Crippen molar-refractivity contribution < 1.29 is 9.15 Å². The fourth-order valence-corrected chi connectivity index (χ4v) is 2.64. The molecule has 0 aliphatic rings. The van der Waals surface area contributed by atoms with Gasteiger partial charge in [0, 0.05) is 5.56 Å². The van der Waals surface area contributed by atoms with Gasteiger partial charge in [0.2, 0.25) is 0 Å². The molecule has 3 heteroatoms. The molecule has 1 heterocycles. The molecule has 0 radical (unpaired) electrons. The predicted molar refractivity (Wildman–Crippen MR) is 84.5 cm³/mol. The van der Waals surface area contributed by atoms with E-state index in [-0.39, 0.29) is 6.04 Å². The summed E-state index contributed by atoms with van der Waals surface area (Å²) in [5.74, 6) is 1.70. The Labute approximate surface area is 124 Å². The highest BCUT2D eigenvalue weighted by molar-refractivity contribution is 5.87. The average molecular weight is 281 g/mol. The van der Waals surface area contributed by atoms with E-state index >= 15 is 0 Å². The van der Waals surface area contributed by atoms with Crippen molar-refractivity contribution >= 4 is 10.8 Å². The van der Waals surface area contributed by atoms with Crippen molar-refractivity contribution in [3.63, 3.8) is 0 Å². The first-order valence-corrected chi connectivity index (χ1v) is 7.22. The van der Waals surface area contributed by atoms with Crippen molar-refractivity contribution in [2.45, 2.75) is 19.4 Å². The molecule has 1 unspecified atom stereocenters. The second-order valence-corrected chi connectivity index (χ2v) is 5.02. The topological polar surface area (TPSA) is 48.4 Å². The third kappa shape index (κ3) is 2.78. The van der Waals surface area contributed by atoms with Crippen molar-refractivity contribution in [2.24, 2.45) is 5.73 Å². The molecule has 0 aliphatic heterocycles. The van der Waals surface area contributed by atoms with E-state index in [0.29, 0.717) is 13.0 Å². The molecule has 0 bridgehead atoms. The van der Waals surface area contributed by atoms with Crippen molar-refractivity contribution in [3.8, 4) is 5.75 Å². The van der Waals surface area contributed by atoms with E-state index in [1.54, 1.807) is 6.26 Å². The zero-order valence-corrected chi connectivity index (χ0v) is 12.1. The molecule has 0 spiro atoms. The lowest BCUT2D eigenvalue weighted by Crippen LogP contribution is -2.13. The Morgan fingerprint density at radius 1 is 1.10 bits per heavy atom. The number of fused-ring (bicyclic) bond motifs is 1. The van der Waals surface area contributed by atoms with E-state index in [2.05, 4.69) is 18.2 Å². The molecule has 2 N–H and O–H groups in total. The lowest BCUT2D eigenvalue weighted by molar-refractivity contribution is 0.335. The van der Waals surface area contributed by atoms with Crippen LogP contribution in [0.1, 0.15) is 24.3 Å². The Balaban J connectivity index is 2.03. The molecule has 1 atom stereocenters. The minimum Gasteiger partial charge on any atom is -0.494 e. The highest BCUT2D eigenvalue weighted by atomic mass is 16.5. The van der Waals surface area contributed by atoms with Crippen molar-refractivity contribution in [3.05, 3.63) is 66.1 Å².